The summed E-state index contributed by atoms with van der Waals surface area (Å²) < 4.78 is 0. The second-order valence-electron chi connectivity index (χ2n) is 5.19. The van der Waals surface area contributed by atoms with Crippen molar-refractivity contribution in [2.75, 3.05) is 6.54 Å². The van der Waals surface area contributed by atoms with E-state index in [4.69, 9.17) is 5.73 Å². The van der Waals surface area contributed by atoms with Gasteiger partial charge >= 0.3 is 0 Å². The molecule has 1 amide bonds. The van der Waals surface area contributed by atoms with Gasteiger partial charge < -0.3 is 11.1 Å². The lowest BCUT2D eigenvalue weighted by atomic mass is 9.87. The fourth-order valence-electron chi connectivity index (χ4n) is 2.03. The van der Waals surface area contributed by atoms with Gasteiger partial charge in [-0.2, -0.15) is 0 Å². The first kappa shape index (κ1) is 14.7. The predicted molar refractivity (Wildman–Crippen MR) is 75.3 cm³/mol. The molecular weight excluding hydrogens is 224 g/mol. The molecule has 0 aromatic heterocycles. The van der Waals surface area contributed by atoms with Crippen LogP contribution in [0, 0.1) is 5.92 Å². The van der Waals surface area contributed by atoms with Crippen LogP contribution in [-0.4, -0.2) is 18.5 Å². The summed E-state index contributed by atoms with van der Waals surface area (Å²) in [6.45, 7) is 6.74. The van der Waals surface area contributed by atoms with Crippen LogP contribution in [0.5, 0.6) is 0 Å². The number of carbonyl (C=O) groups excluding carboxylic acids is 1. The zero-order chi connectivity index (χ0) is 13.5. The number of benzene rings is 1. The van der Waals surface area contributed by atoms with E-state index < -0.39 is 0 Å². The zero-order valence-electron chi connectivity index (χ0n) is 11.5. The van der Waals surface area contributed by atoms with E-state index in [0.29, 0.717) is 6.54 Å². The standard InChI is InChI=1S/C15H24N2O/c1-11(2)14(13-7-5-4-6-8-13)15(18)17-10-9-12(3)16/h4-8,11-12,14H,9-10,16H2,1-3H3,(H,17,18). The Kier molecular flexibility index (Phi) is 5.86. The molecular formula is C15H24N2O. The lowest BCUT2D eigenvalue weighted by Gasteiger charge is -2.21. The van der Waals surface area contributed by atoms with Crippen molar-refractivity contribution < 1.29 is 4.79 Å². The van der Waals surface area contributed by atoms with Gasteiger partial charge in [0.25, 0.3) is 0 Å². The third kappa shape index (κ3) is 4.49. The van der Waals surface area contributed by atoms with E-state index in [1.807, 2.05) is 37.3 Å². The first-order valence-electron chi connectivity index (χ1n) is 6.60. The minimum atomic E-state index is -0.0840. The van der Waals surface area contributed by atoms with Crippen molar-refractivity contribution in [1.29, 1.82) is 0 Å². The molecule has 2 atom stereocenters. The SMILES string of the molecule is CC(N)CCNC(=O)C(c1ccccc1)C(C)C. The van der Waals surface area contributed by atoms with Crippen LogP contribution in [-0.2, 0) is 4.79 Å². The lowest BCUT2D eigenvalue weighted by Crippen LogP contribution is -2.34. The Bertz CT molecular complexity index is 360. The van der Waals surface area contributed by atoms with E-state index in [-0.39, 0.29) is 23.8 Å². The molecule has 0 radical (unpaired) electrons. The van der Waals surface area contributed by atoms with Crippen molar-refractivity contribution in [3.63, 3.8) is 0 Å². The van der Waals surface area contributed by atoms with Crippen LogP contribution in [0.2, 0.25) is 0 Å². The molecule has 2 unspecified atom stereocenters. The number of nitrogens with two attached hydrogens (primary N) is 1. The van der Waals surface area contributed by atoms with Gasteiger partial charge in [-0.1, -0.05) is 44.2 Å². The molecule has 1 aromatic carbocycles. The van der Waals surface area contributed by atoms with Gasteiger partial charge in [-0.3, -0.25) is 4.79 Å². The number of nitrogens with one attached hydrogen (secondary N) is 1. The quantitative estimate of drug-likeness (QED) is 0.811. The van der Waals surface area contributed by atoms with Gasteiger partial charge in [0.1, 0.15) is 0 Å². The lowest BCUT2D eigenvalue weighted by molar-refractivity contribution is -0.123. The van der Waals surface area contributed by atoms with E-state index >= 15 is 0 Å². The first-order chi connectivity index (χ1) is 8.52. The number of hydrogen-bond acceptors (Lipinski definition) is 2. The normalized spacial score (nSPS) is 14.3. The van der Waals surface area contributed by atoms with Crippen LogP contribution in [0.4, 0.5) is 0 Å². The van der Waals surface area contributed by atoms with E-state index in [1.54, 1.807) is 0 Å². The highest BCUT2D eigenvalue weighted by Gasteiger charge is 2.23. The van der Waals surface area contributed by atoms with Gasteiger partial charge in [-0.05, 0) is 24.8 Å². The van der Waals surface area contributed by atoms with Gasteiger partial charge in [0.15, 0.2) is 0 Å². The zero-order valence-corrected chi connectivity index (χ0v) is 11.5. The van der Waals surface area contributed by atoms with E-state index in [9.17, 15) is 4.79 Å². The van der Waals surface area contributed by atoms with Gasteiger partial charge in [0, 0.05) is 12.6 Å². The maximum atomic E-state index is 12.2. The molecule has 0 fully saturated rings. The van der Waals surface area contributed by atoms with Crippen LogP contribution in [0.25, 0.3) is 0 Å². The highest BCUT2D eigenvalue weighted by molar-refractivity contribution is 5.83. The highest BCUT2D eigenvalue weighted by Crippen LogP contribution is 2.24. The molecule has 18 heavy (non-hydrogen) atoms. The minimum absolute atomic E-state index is 0.0840. The molecule has 3 nitrogen and oxygen atoms in total. The first-order valence-corrected chi connectivity index (χ1v) is 6.60. The summed E-state index contributed by atoms with van der Waals surface area (Å²) in [5, 5.41) is 2.97. The van der Waals surface area contributed by atoms with Crippen molar-refractivity contribution >= 4 is 5.91 Å². The average molecular weight is 248 g/mol. The summed E-state index contributed by atoms with van der Waals surface area (Å²) in [4.78, 5) is 12.2. The Hall–Kier alpha value is -1.35. The molecule has 1 rings (SSSR count). The summed E-state index contributed by atoms with van der Waals surface area (Å²) in [6.07, 6.45) is 0.811. The smallest absolute Gasteiger partial charge is 0.227 e. The summed E-state index contributed by atoms with van der Waals surface area (Å²) in [7, 11) is 0. The highest BCUT2D eigenvalue weighted by atomic mass is 16.1. The molecule has 0 aliphatic heterocycles. The average Bonchev–Trinajstić information content (AvgIpc) is 2.29. The molecule has 0 aliphatic carbocycles. The number of rotatable bonds is 6. The van der Waals surface area contributed by atoms with E-state index in [1.165, 1.54) is 0 Å². The van der Waals surface area contributed by atoms with Crippen LogP contribution in [0.1, 0.15) is 38.7 Å². The van der Waals surface area contributed by atoms with Crippen LogP contribution in [0.3, 0.4) is 0 Å². The Morgan fingerprint density at radius 1 is 1.22 bits per heavy atom. The maximum absolute atomic E-state index is 12.2. The fourth-order valence-corrected chi connectivity index (χ4v) is 2.03. The Morgan fingerprint density at radius 2 is 1.83 bits per heavy atom. The Morgan fingerprint density at radius 3 is 2.33 bits per heavy atom. The molecule has 0 spiro atoms. The van der Waals surface area contributed by atoms with Crippen LogP contribution in [0.15, 0.2) is 30.3 Å². The monoisotopic (exact) mass is 248 g/mol. The van der Waals surface area contributed by atoms with Crippen molar-refractivity contribution in [3.05, 3.63) is 35.9 Å². The fraction of sp³-hybridized carbons (Fsp3) is 0.533. The summed E-state index contributed by atoms with van der Waals surface area (Å²) in [5.74, 6) is 0.291. The molecule has 0 aliphatic rings. The molecule has 0 heterocycles. The van der Waals surface area contributed by atoms with E-state index in [2.05, 4.69) is 19.2 Å². The molecule has 0 bridgehead atoms. The third-order valence-corrected chi connectivity index (χ3v) is 3.01. The summed E-state index contributed by atoms with van der Waals surface area (Å²) in [5.41, 5.74) is 6.75. The van der Waals surface area contributed by atoms with Gasteiger partial charge in [-0.15, -0.1) is 0 Å². The van der Waals surface area contributed by atoms with Crippen molar-refractivity contribution in [2.24, 2.45) is 11.7 Å². The molecule has 0 saturated heterocycles. The molecule has 1 aromatic rings. The van der Waals surface area contributed by atoms with E-state index in [0.717, 1.165) is 12.0 Å². The molecule has 0 saturated carbocycles. The predicted octanol–water partition coefficient (Wildman–Crippen LogP) is 2.28. The largest absolute Gasteiger partial charge is 0.356 e. The van der Waals surface area contributed by atoms with Gasteiger partial charge in [-0.25, -0.2) is 0 Å². The number of amides is 1. The molecule has 100 valence electrons. The van der Waals surface area contributed by atoms with Crippen molar-refractivity contribution in [2.45, 2.75) is 39.2 Å². The topological polar surface area (TPSA) is 55.1 Å². The summed E-state index contributed by atoms with van der Waals surface area (Å²) in [6, 6.07) is 10.1. The number of carbonyl (C=O) groups is 1. The van der Waals surface area contributed by atoms with Crippen LogP contribution < -0.4 is 11.1 Å². The van der Waals surface area contributed by atoms with Gasteiger partial charge in [0.2, 0.25) is 5.91 Å². The number of hydrogen-bond donors (Lipinski definition) is 2. The van der Waals surface area contributed by atoms with Crippen LogP contribution >= 0.6 is 0 Å². The third-order valence-electron chi connectivity index (χ3n) is 3.01. The Labute approximate surface area is 110 Å². The molecule has 3 N–H and O–H groups in total. The Balaban J connectivity index is 2.65. The van der Waals surface area contributed by atoms with Crippen molar-refractivity contribution in [1.82, 2.24) is 5.32 Å². The van der Waals surface area contributed by atoms with Crippen molar-refractivity contribution in [3.8, 4) is 0 Å². The second kappa shape index (κ2) is 7.17. The second-order valence-corrected chi connectivity index (χ2v) is 5.19. The maximum Gasteiger partial charge on any atom is 0.227 e. The summed E-state index contributed by atoms with van der Waals surface area (Å²) >= 11 is 0. The van der Waals surface area contributed by atoms with Gasteiger partial charge in [0.05, 0.1) is 5.92 Å². The molecule has 3 heteroatoms. The minimum Gasteiger partial charge on any atom is -0.356 e.